The summed E-state index contributed by atoms with van der Waals surface area (Å²) in [6.07, 6.45) is 7.64. The molecule has 0 unspecified atom stereocenters. The number of thioether (sulfide) groups is 1. The zero-order valence-corrected chi connectivity index (χ0v) is 9.45. The van der Waals surface area contributed by atoms with Crippen LogP contribution in [0.5, 0.6) is 0 Å². The SMILES string of the molecule is NCCCCCSCCCCCN. The first-order valence-electron chi connectivity index (χ1n) is 5.39. The van der Waals surface area contributed by atoms with Crippen LogP contribution in [0.15, 0.2) is 0 Å². The molecule has 0 fully saturated rings. The van der Waals surface area contributed by atoms with Crippen molar-refractivity contribution in [3.05, 3.63) is 0 Å². The molecule has 0 radical (unpaired) electrons. The molecule has 0 bridgehead atoms. The van der Waals surface area contributed by atoms with Gasteiger partial charge in [0.05, 0.1) is 0 Å². The van der Waals surface area contributed by atoms with Gasteiger partial charge in [-0.15, -0.1) is 0 Å². The average molecular weight is 204 g/mol. The topological polar surface area (TPSA) is 52.0 Å². The molecular formula is C10H24N2S. The van der Waals surface area contributed by atoms with Crippen molar-refractivity contribution in [2.24, 2.45) is 11.5 Å². The number of unbranched alkanes of at least 4 members (excludes halogenated alkanes) is 4. The summed E-state index contributed by atoms with van der Waals surface area (Å²) in [6.45, 7) is 1.70. The number of hydrogen-bond donors (Lipinski definition) is 2. The van der Waals surface area contributed by atoms with E-state index in [-0.39, 0.29) is 0 Å². The van der Waals surface area contributed by atoms with Gasteiger partial charge < -0.3 is 11.5 Å². The first kappa shape index (κ1) is 13.3. The minimum absolute atomic E-state index is 0.848. The molecule has 3 heteroatoms. The Hall–Kier alpha value is 0.270. The highest BCUT2D eigenvalue weighted by atomic mass is 32.2. The molecule has 0 aliphatic heterocycles. The van der Waals surface area contributed by atoms with Gasteiger partial charge in [-0.05, 0) is 50.3 Å². The average Bonchev–Trinajstić information content (AvgIpc) is 2.16. The summed E-state index contributed by atoms with van der Waals surface area (Å²) < 4.78 is 0. The Morgan fingerprint density at radius 3 is 1.46 bits per heavy atom. The van der Waals surface area contributed by atoms with E-state index in [0.29, 0.717) is 0 Å². The van der Waals surface area contributed by atoms with Crippen LogP contribution < -0.4 is 11.5 Å². The summed E-state index contributed by atoms with van der Waals surface area (Å²) in [5, 5.41) is 0. The Labute approximate surface area is 86.8 Å². The fourth-order valence-electron chi connectivity index (χ4n) is 1.15. The highest BCUT2D eigenvalue weighted by Gasteiger charge is 1.91. The standard InChI is InChI=1S/C10H24N2S/c11-7-3-1-5-9-13-10-6-2-4-8-12/h1-12H2. The Kier molecular flexibility index (Phi) is 12.5. The zero-order chi connectivity index (χ0) is 9.78. The largest absolute Gasteiger partial charge is 0.330 e. The van der Waals surface area contributed by atoms with Crippen molar-refractivity contribution < 1.29 is 0 Å². The van der Waals surface area contributed by atoms with Crippen LogP contribution in [0.3, 0.4) is 0 Å². The molecule has 0 aromatic rings. The first-order valence-corrected chi connectivity index (χ1v) is 6.55. The van der Waals surface area contributed by atoms with Crippen molar-refractivity contribution in [2.45, 2.75) is 38.5 Å². The molecule has 13 heavy (non-hydrogen) atoms. The molecule has 0 saturated heterocycles. The molecule has 0 aliphatic carbocycles. The predicted molar refractivity (Wildman–Crippen MR) is 63.1 cm³/mol. The van der Waals surface area contributed by atoms with E-state index in [0.717, 1.165) is 13.1 Å². The van der Waals surface area contributed by atoms with E-state index in [4.69, 9.17) is 11.5 Å². The molecule has 80 valence electrons. The molecule has 4 N–H and O–H groups in total. The number of nitrogens with two attached hydrogens (primary N) is 2. The van der Waals surface area contributed by atoms with E-state index in [1.54, 1.807) is 0 Å². The Morgan fingerprint density at radius 2 is 1.08 bits per heavy atom. The molecule has 0 aromatic heterocycles. The molecule has 0 aromatic carbocycles. The summed E-state index contributed by atoms with van der Waals surface area (Å²) >= 11 is 2.07. The van der Waals surface area contributed by atoms with Crippen LogP contribution in [-0.2, 0) is 0 Å². The van der Waals surface area contributed by atoms with Crippen LogP contribution in [0.1, 0.15) is 38.5 Å². The lowest BCUT2D eigenvalue weighted by Crippen LogP contribution is -1.98. The second-order valence-electron chi connectivity index (χ2n) is 3.31. The van der Waals surface area contributed by atoms with E-state index < -0.39 is 0 Å². The monoisotopic (exact) mass is 204 g/mol. The van der Waals surface area contributed by atoms with Gasteiger partial charge in [0.25, 0.3) is 0 Å². The van der Waals surface area contributed by atoms with Gasteiger partial charge in [-0.3, -0.25) is 0 Å². The molecule has 0 heterocycles. The predicted octanol–water partition coefficient (Wildman–Crippen LogP) is 1.98. The van der Waals surface area contributed by atoms with Crippen LogP contribution >= 0.6 is 11.8 Å². The van der Waals surface area contributed by atoms with Crippen LogP contribution in [0, 0.1) is 0 Å². The second-order valence-corrected chi connectivity index (χ2v) is 4.54. The summed E-state index contributed by atoms with van der Waals surface area (Å²) in [6, 6.07) is 0. The number of rotatable bonds is 10. The molecule has 2 nitrogen and oxygen atoms in total. The summed E-state index contributed by atoms with van der Waals surface area (Å²) in [5.41, 5.74) is 10.8. The van der Waals surface area contributed by atoms with E-state index in [1.165, 1.54) is 50.0 Å². The highest BCUT2D eigenvalue weighted by molar-refractivity contribution is 7.99. The van der Waals surface area contributed by atoms with Crippen molar-refractivity contribution in [3.8, 4) is 0 Å². The van der Waals surface area contributed by atoms with Gasteiger partial charge >= 0.3 is 0 Å². The molecule has 0 spiro atoms. The number of hydrogen-bond acceptors (Lipinski definition) is 3. The van der Waals surface area contributed by atoms with Gasteiger partial charge in [-0.25, -0.2) is 0 Å². The Morgan fingerprint density at radius 1 is 0.615 bits per heavy atom. The van der Waals surface area contributed by atoms with Gasteiger partial charge in [0.15, 0.2) is 0 Å². The smallest absolute Gasteiger partial charge is 0.00675 e. The molecule has 0 aliphatic rings. The van der Waals surface area contributed by atoms with Crippen LogP contribution in [0.2, 0.25) is 0 Å². The Bertz CT molecular complexity index is 79.0. The van der Waals surface area contributed by atoms with Gasteiger partial charge in [-0.2, -0.15) is 11.8 Å². The van der Waals surface area contributed by atoms with Gasteiger partial charge in [0.1, 0.15) is 0 Å². The highest BCUT2D eigenvalue weighted by Crippen LogP contribution is 2.09. The van der Waals surface area contributed by atoms with Gasteiger partial charge in [0.2, 0.25) is 0 Å². The molecule has 0 rings (SSSR count). The van der Waals surface area contributed by atoms with E-state index >= 15 is 0 Å². The van der Waals surface area contributed by atoms with Crippen LogP contribution in [0.4, 0.5) is 0 Å². The maximum absolute atomic E-state index is 5.41. The third kappa shape index (κ3) is 12.3. The molecule has 0 atom stereocenters. The van der Waals surface area contributed by atoms with Crippen LogP contribution in [-0.4, -0.2) is 24.6 Å². The summed E-state index contributed by atoms with van der Waals surface area (Å²) in [7, 11) is 0. The van der Waals surface area contributed by atoms with Crippen molar-refractivity contribution >= 4 is 11.8 Å². The first-order chi connectivity index (χ1) is 6.41. The lowest BCUT2D eigenvalue weighted by atomic mass is 10.2. The maximum Gasteiger partial charge on any atom is -0.00675 e. The Balaban J connectivity index is 2.76. The normalized spacial score (nSPS) is 10.6. The van der Waals surface area contributed by atoms with Crippen molar-refractivity contribution in [1.29, 1.82) is 0 Å². The van der Waals surface area contributed by atoms with E-state index in [2.05, 4.69) is 11.8 Å². The van der Waals surface area contributed by atoms with Gasteiger partial charge in [0, 0.05) is 0 Å². The van der Waals surface area contributed by atoms with E-state index in [1.807, 2.05) is 0 Å². The zero-order valence-electron chi connectivity index (χ0n) is 8.63. The maximum atomic E-state index is 5.41. The summed E-state index contributed by atoms with van der Waals surface area (Å²) in [4.78, 5) is 0. The summed E-state index contributed by atoms with van der Waals surface area (Å²) in [5.74, 6) is 2.62. The molecular weight excluding hydrogens is 180 g/mol. The lowest BCUT2D eigenvalue weighted by molar-refractivity contribution is 0.725. The lowest BCUT2D eigenvalue weighted by Gasteiger charge is -2.00. The third-order valence-electron chi connectivity index (χ3n) is 1.99. The van der Waals surface area contributed by atoms with Gasteiger partial charge in [-0.1, -0.05) is 12.8 Å². The minimum atomic E-state index is 0.848. The van der Waals surface area contributed by atoms with Crippen molar-refractivity contribution in [1.82, 2.24) is 0 Å². The minimum Gasteiger partial charge on any atom is -0.330 e. The van der Waals surface area contributed by atoms with Crippen LogP contribution in [0.25, 0.3) is 0 Å². The fourth-order valence-corrected chi connectivity index (χ4v) is 2.17. The second kappa shape index (κ2) is 12.3. The van der Waals surface area contributed by atoms with Crippen molar-refractivity contribution in [3.63, 3.8) is 0 Å². The quantitative estimate of drug-likeness (QED) is 0.535. The van der Waals surface area contributed by atoms with Crippen molar-refractivity contribution in [2.75, 3.05) is 24.6 Å². The third-order valence-corrected chi connectivity index (χ3v) is 3.14. The fraction of sp³-hybridized carbons (Fsp3) is 1.00. The molecule has 0 saturated carbocycles. The molecule has 0 amide bonds. The van der Waals surface area contributed by atoms with E-state index in [9.17, 15) is 0 Å².